The van der Waals surface area contributed by atoms with E-state index in [0.717, 1.165) is 29.5 Å². The van der Waals surface area contributed by atoms with Gasteiger partial charge >= 0.3 is 5.97 Å². The number of halogens is 1. The van der Waals surface area contributed by atoms with Gasteiger partial charge in [0.2, 0.25) is 0 Å². The van der Waals surface area contributed by atoms with Crippen LogP contribution in [-0.4, -0.2) is 35.1 Å². The molecule has 21 heavy (non-hydrogen) atoms. The normalized spacial score (nSPS) is 20.0. The van der Waals surface area contributed by atoms with Crippen molar-refractivity contribution in [2.24, 2.45) is 0 Å². The zero-order valence-electron chi connectivity index (χ0n) is 11.2. The average molecular weight is 352 g/mol. The number of nitrogens with one attached hydrogen (secondary N) is 1. The van der Waals surface area contributed by atoms with Crippen LogP contribution in [0.5, 0.6) is 0 Å². The van der Waals surface area contributed by atoms with Gasteiger partial charge in [-0.15, -0.1) is 0 Å². The first-order valence-electron chi connectivity index (χ1n) is 6.93. The molecule has 5 nitrogen and oxygen atoms in total. The number of ether oxygens (including phenoxy) is 2. The number of hydrogen-bond acceptors (Lipinski definition) is 3. The minimum atomic E-state index is -0.936. The SMILES string of the molecule is O=C(O)c1c(Br)ccc2c3c([nH]c12)CCC1(C3)OCCO1. The first-order valence-corrected chi connectivity index (χ1v) is 7.72. The van der Waals surface area contributed by atoms with E-state index in [1.54, 1.807) is 6.07 Å². The summed E-state index contributed by atoms with van der Waals surface area (Å²) in [7, 11) is 0. The second kappa shape index (κ2) is 4.56. The number of H-pyrrole nitrogens is 1. The summed E-state index contributed by atoms with van der Waals surface area (Å²) in [5.74, 6) is -1.45. The number of aromatic nitrogens is 1. The van der Waals surface area contributed by atoms with Crippen LogP contribution >= 0.6 is 15.9 Å². The summed E-state index contributed by atoms with van der Waals surface area (Å²) in [5.41, 5.74) is 3.17. The second-order valence-electron chi connectivity index (χ2n) is 5.52. The van der Waals surface area contributed by atoms with Crippen LogP contribution < -0.4 is 0 Å². The molecule has 2 N–H and O–H groups in total. The molecule has 1 saturated heterocycles. The Morgan fingerprint density at radius 2 is 2.10 bits per heavy atom. The topological polar surface area (TPSA) is 71.5 Å². The van der Waals surface area contributed by atoms with Gasteiger partial charge in [-0.25, -0.2) is 4.79 Å². The van der Waals surface area contributed by atoms with E-state index < -0.39 is 11.8 Å². The maximum atomic E-state index is 11.5. The van der Waals surface area contributed by atoms with Crippen molar-refractivity contribution in [3.8, 4) is 0 Å². The molecule has 1 fully saturated rings. The standard InChI is InChI=1S/C15H14BrNO4/c16-10-2-1-8-9-7-15(20-5-6-21-15)4-3-11(9)17-13(8)12(10)14(18)19/h1-2,17H,3-7H2,(H,18,19). The fourth-order valence-corrected chi connectivity index (χ4v) is 3.89. The lowest BCUT2D eigenvalue weighted by atomic mass is 9.90. The summed E-state index contributed by atoms with van der Waals surface area (Å²) in [6.07, 6.45) is 2.28. The zero-order valence-corrected chi connectivity index (χ0v) is 12.8. The minimum absolute atomic E-state index is 0.282. The maximum absolute atomic E-state index is 11.5. The molecular weight excluding hydrogens is 338 g/mol. The van der Waals surface area contributed by atoms with Crippen LogP contribution in [0.15, 0.2) is 16.6 Å². The maximum Gasteiger partial charge on any atom is 0.338 e. The molecule has 1 spiro atoms. The van der Waals surface area contributed by atoms with Gasteiger partial charge in [0.15, 0.2) is 5.79 Å². The summed E-state index contributed by atoms with van der Waals surface area (Å²) < 4.78 is 12.2. The molecule has 4 rings (SSSR count). The van der Waals surface area contributed by atoms with Crippen LogP contribution in [0.3, 0.4) is 0 Å². The minimum Gasteiger partial charge on any atom is -0.478 e. The Kier molecular flexibility index (Phi) is 2.89. The van der Waals surface area contributed by atoms with Gasteiger partial charge in [-0.3, -0.25) is 0 Å². The van der Waals surface area contributed by atoms with Gasteiger partial charge < -0.3 is 19.6 Å². The van der Waals surface area contributed by atoms with E-state index in [9.17, 15) is 9.90 Å². The summed E-state index contributed by atoms with van der Waals surface area (Å²) in [4.78, 5) is 14.8. The first kappa shape index (κ1) is 13.3. The number of carboxylic acids is 1. The number of aryl methyl sites for hydroxylation is 1. The Labute approximate surface area is 129 Å². The van der Waals surface area contributed by atoms with E-state index in [1.807, 2.05) is 6.07 Å². The molecule has 0 saturated carbocycles. The van der Waals surface area contributed by atoms with Crippen LogP contribution in [-0.2, 0) is 22.3 Å². The third-order valence-corrected chi connectivity index (χ3v) is 5.01. The molecule has 0 radical (unpaired) electrons. The molecular formula is C15H14BrNO4. The molecule has 1 aromatic carbocycles. The third kappa shape index (κ3) is 1.93. The predicted octanol–water partition coefficient (Wildman–Crippen LogP) is 2.86. The van der Waals surface area contributed by atoms with E-state index >= 15 is 0 Å². The number of hydrogen-bond donors (Lipinski definition) is 2. The van der Waals surface area contributed by atoms with E-state index in [2.05, 4.69) is 20.9 Å². The molecule has 0 amide bonds. The lowest BCUT2D eigenvalue weighted by molar-refractivity contribution is -0.163. The summed E-state index contributed by atoms with van der Waals surface area (Å²) >= 11 is 3.32. The van der Waals surface area contributed by atoms with Crippen molar-refractivity contribution >= 4 is 32.8 Å². The monoisotopic (exact) mass is 351 g/mol. The Hall–Kier alpha value is -1.37. The van der Waals surface area contributed by atoms with Gasteiger partial charge in [-0.05, 0) is 34.0 Å². The van der Waals surface area contributed by atoms with Gasteiger partial charge in [0, 0.05) is 28.4 Å². The number of carboxylic acid groups (broad SMARTS) is 1. The van der Waals surface area contributed by atoms with Crippen molar-refractivity contribution in [3.05, 3.63) is 33.4 Å². The fraction of sp³-hybridized carbons (Fsp3) is 0.400. The highest BCUT2D eigenvalue weighted by Gasteiger charge is 2.41. The zero-order chi connectivity index (χ0) is 14.6. The molecule has 110 valence electrons. The smallest absolute Gasteiger partial charge is 0.338 e. The lowest BCUT2D eigenvalue weighted by Gasteiger charge is -2.31. The van der Waals surface area contributed by atoms with Crippen molar-refractivity contribution in [1.82, 2.24) is 4.98 Å². The molecule has 6 heteroatoms. The van der Waals surface area contributed by atoms with Crippen molar-refractivity contribution in [2.45, 2.75) is 25.0 Å². The van der Waals surface area contributed by atoms with Gasteiger partial charge in [0.05, 0.1) is 24.3 Å². The Morgan fingerprint density at radius 3 is 2.81 bits per heavy atom. The van der Waals surface area contributed by atoms with Crippen LogP contribution in [0.2, 0.25) is 0 Å². The van der Waals surface area contributed by atoms with Gasteiger partial charge in [-0.2, -0.15) is 0 Å². The number of aromatic carboxylic acids is 1. The quantitative estimate of drug-likeness (QED) is 0.828. The molecule has 2 aromatic rings. The average Bonchev–Trinajstić information content (AvgIpc) is 3.03. The number of rotatable bonds is 1. The molecule has 2 aliphatic rings. The Balaban J connectivity index is 1.90. The predicted molar refractivity (Wildman–Crippen MR) is 79.6 cm³/mol. The van der Waals surface area contributed by atoms with Crippen molar-refractivity contribution < 1.29 is 19.4 Å². The van der Waals surface area contributed by atoms with E-state index in [-0.39, 0.29) is 5.56 Å². The summed E-state index contributed by atoms with van der Waals surface area (Å²) in [6, 6.07) is 3.74. The fourth-order valence-electron chi connectivity index (χ4n) is 3.39. The molecule has 1 aliphatic carbocycles. The van der Waals surface area contributed by atoms with Crippen molar-refractivity contribution in [2.75, 3.05) is 13.2 Å². The number of benzene rings is 1. The highest BCUT2D eigenvalue weighted by molar-refractivity contribution is 9.10. The van der Waals surface area contributed by atoms with Gasteiger partial charge in [0.25, 0.3) is 0 Å². The second-order valence-corrected chi connectivity index (χ2v) is 6.37. The Bertz CT molecular complexity index is 746. The van der Waals surface area contributed by atoms with Crippen LogP contribution in [0, 0.1) is 0 Å². The molecule has 2 heterocycles. The number of carbonyl (C=O) groups is 1. The van der Waals surface area contributed by atoms with Crippen LogP contribution in [0.4, 0.5) is 0 Å². The van der Waals surface area contributed by atoms with Gasteiger partial charge in [-0.1, -0.05) is 6.07 Å². The first-order chi connectivity index (χ1) is 10.1. The molecule has 1 aromatic heterocycles. The van der Waals surface area contributed by atoms with E-state index in [0.29, 0.717) is 29.6 Å². The molecule has 0 atom stereocenters. The molecule has 0 unspecified atom stereocenters. The van der Waals surface area contributed by atoms with Gasteiger partial charge in [0.1, 0.15) is 0 Å². The van der Waals surface area contributed by atoms with E-state index in [1.165, 1.54) is 0 Å². The van der Waals surface area contributed by atoms with Crippen LogP contribution in [0.25, 0.3) is 10.9 Å². The lowest BCUT2D eigenvalue weighted by Crippen LogP contribution is -2.36. The highest BCUT2D eigenvalue weighted by atomic mass is 79.9. The van der Waals surface area contributed by atoms with E-state index in [4.69, 9.17) is 9.47 Å². The Morgan fingerprint density at radius 1 is 1.33 bits per heavy atom. The van der Waals surface area contributed by atoms with Crippen molar-refractivity contribution in [3.63, 3.8) is 0 Å². The largest absolute Gasteiger partial charge is 0.478 e. The summed E-state index contributed by atoms with van der Waals surface area (Å²) in [6.45, 7) is 1.26. The summed E-state index contributed by atoms with van der Waals surface area (Å²) in [5, 5.41) is 10.4. The third-order valence-electron chi connectivity index (χ3n) is 4.35. The van der Waals surface area contributed by atoms with Crippen molar-refractivity contribution in [1.29, 1.82) is 0 Å². The highest BCUT2D eigenvalue weighted by Crippen LogP contribution is 2.40. The molecule has 0 bridgehead atoms. The number of aromatic amines is 1. The molecule has 1 aliphatic heterocycles. The van der Waals surface area contributed by atoms with Crippen LogP contribution in [0.1, 0.15) is 28.0 Å². The number of fused-ring (bicyclic) bond motifs is 3.